The summed E-state index contributed by atoms with van der Waals surface area (Å²) in [6.07, 6.45) is 0.583. The van der Waals surface area contributed by atoms with Gasteiger partial charge in [-0.15, -0.1) is 0 Å². The summed E-state index contributed by atoms with van der Waals surface area (Å²) in [6, 6.07) is 20.0. The Hall–Kier alpha value is -2.22. The van der Waals surface area contributed by atoms with E-state index in [1.54, 1.807) is 24.3 Å². The molecule has 0 spiro atoms. The Morgan fingerprint density at radius 1 is 0.767 bits per heavy atom. The SMILES string of the molecule is O=S(=O)(Oc1ccc(C(Cc2ccc(Cl)cc2)c2ccc(Cl)cc2)cc1)C(F)(F)F. The van der Waals surface area contributed by atoms with Gasteiger partial charge in [0.2, 0.25) is 0 Å². The highest BCUT2D eigenvalue weighted by atomic mass is 35.5. The van der Waals surface area contributed by atoms with Gasteiger partial charge in [0.15, 0.2) is 0 Å². The van der Waals surface area contributed by atoms with Gasteiger partial charge in [0.25, 0.3) is 0 Å². The molecule has 1 unspecified atom stereocenters. The molecule has 0 aliphatic rings. The van der Waals surface area contributed by atoms with Crippen molar-refractivity contribution in [2.24, 2.45) is 0 Å². The van der Waals surface area contributed by atoms with Crippen LogP contribution in [0, 0.1) is 0 Å². The van der Waals surface area contributed by atoms with Gasteiger partial charge < -0.3 is 4.18 Å². The second-order valence-electron chi connectivity index (χ2n) is 6.49. The third-order valence-electron chi connectivity index (χ3n) is 4.40. The van der Waals surface area contributed by atoms with Crippen molar-refractivity contribution < 1.29 is 25.8 Å². The molecule has 0 aliphatic heterocycles. The number of hydrogen-bond donors (Lipinski definition) is 0. The zero-order chi connectivity index (χ0) is 21.9. The van der Waals surface area contributed by atoms with Crippen LogP contribution in [0.15, 0.2) is 72.8 Å². The number of alkyl halides is 3. The Morgan fingerprint density at radius 3 is 1.67 bits per heavy atom. The first-order chi connectivity index (χ1) is 14.0. The van der Waals surface area contributed by atoms with Crippen molar-refractivity contribution in [3.63, 3.8) is 0 Å². The van der Waals surface area contributed by atoms with Crippen molar-refractivity contribution >= 4 is 33.3 Å². The Balaban J connectivity index is 1.91. The van der Waals surface area contributed by atoms with Gasteiger partial charge in [-0.05, 0) is 59.5 Å². The standard InChI is InChI=1S/C21H15Cl2F3O3S/c22-17-7-1-14(2-8-17)13-20(15-3-9-18(23)10-4-15)16-5-11-19(12-6-16)29-30(27,28)21(24,25)26/h1-12,20H,13H2. The molecule has 1 atom stereocenters. The number of benzene rings is 3. The van der Waals surface area contributed by atoms with Crippen molar-refractivity contribution in [1.82, 2.24) is 0 Å². The molecule has 0 aliphatic carbocycles. The summed E-state index contributed by atoms with van der Waals surface area (Å²) in [7, 11) is -5.72. The molecule has 30 heavy (non-hydrogen) atoms. The van der Waals surface area contributed by atoms with E-state index < -0.39 is 21.4 Å². The summed E-state index contributed by atoms with van der Waals surface area (Å²) in [4.78, 5) is 0. The van der Waals surface area contributed by atoms with Crippen LogP contribution >= 0.6 is 23.2 Å². The molecule has 9 heteroatoms. The lowest BCUT2D eigenvalue weighted by molar-refractivity contribution is -0.0500. The fourth-order valence-electron chi connectivity index (χ4n) is 2.91. The number of rotatable bonds is 6. The third kappa shape index (κ3) is 5.47. The minimum absolute atomic E-state index is 0.156. The molecule has 0 saturated heterocycles. The molecule has 158 valence electrons. The third-order valence-corrected chi connectivity index (χ3v) is 5.88. The van der Waals surface area contributed by atoms with Crippen LogP contribution in [0.25, 0.3) is 0 Å². The average Bonchev–Trinajstić information content (AvgIpc) is 2.68. The van der Waals surface area contributed by atoms with Crippen LogP contribution in [-0.4, -0.2) is 13.9 Å². The van der Waals surface area contributed by atoms with Crippen LogP contribution in [-0.2, 0) is 16.5 Å². The van der Waals surface area contributed by atoms with Gasteiger partial charge in [-0.3, -0.25) is 0 Å². The molecule has 3 nitrogen and oxygen atoms in total. The molecule has 0 saturated carbocycles. The van der Waals surface area contributed by atoms with E-state index in [4.69, 9.17) is 23.2 Å². The van der Waals surface area contributed by atoms with E-state index in [-0.39, 0.29) is 5.92 Å². The molecule has 0 heterocycles. The Bertz CT molecular complexity index is 1100. The van der Waals surface area contributed by atoms with Crippen LogP contribution in [0.3, 0.4) is 0 Å². The van der Waals surface area contributed by atoms with Gasteiger partial charge in [-0.25, -0.2) is 0 Å². The lowest BCUT2D eigenvalue weighted by Crippen LogP contribution is -2.28. The Kier molecular flexibility index (Phi) is 6.65. The van der Waals surface area contributed by atoms with E-state index in [1.807, 2.05) is 24.3 Å². The second kappa shape index (κ2) is 8.88. The van der Waals surface area contributed by atoms with E-state index in [9.17, 15) is 21.6 Å². The first kappa shape index (κ1) is 22.5. The summed E-state index contributed by atoms with van der Waals surface area (Å²) in [5.74, 6) is -0.575. The average molecular weight is 475 g/mol. The zero-order valence-electron chi connectivity index (χ0n) is 15.2. The minimum Gasteiger partial charge on any atom is -0.376 e. The maximum atomic E-state index is 12.5. The topological polar surface area (TPSA) is 43.4 Å². The quantitative estimate of drug-likeness (QED) is 0.298. The van der Waals surface area contributed by atoms with E-state index in [1.165, 1.54) is 24.3 Å². The van der Waals surface area contributed by atoms with E-state index in [2.05, 4.69) is 4.18 Å². The summed E-state index contributed by atoms with van der Waals surface area (Å²) in [5, 5.41) is 1.18. The van der Waals surface area contributed by atoms with Gasteiger partial charge in [0.05, 0.1) is 0 Å². The minimum atomic E-state index is -5.72. The summed E-state index contributed by atoms with van der Waals surface area (Å²) >= 11 is 11.9. The maximum absolute atomic E-state index is 12.5. The van der Waals surface area contributed by atoms with Crippen molar-refractivity contribution in [1.29, 1.82) is 0 Å². The molecule has 0 fully saturated rings. The zero-order valence-corrected chi connectivity index (χ0v) is 17.6. The van der Waals surface area contributed by atoms with E-state index in [0.29, 0.717) is 16.5 Å². The van der Waals surface area contributed by atoms with Crippen molar-refractivity contribution in [3.8, 4) is 5.75 Å². The molecule has 0 bridgehead atoms. The highest BCUT2D eigenvalue weighted by Crippen LogP contribution is 2.32. The van der Waals surface area contributed by atoms with Crippen LogP contribution < -0.4 is 4.18 Å². The van der Waals surface area contributed by atoms with Crippen LogP contribution in [0.2, 0.25) is 10.0 Å². The summed E-state index contributed by atoms with van der Waals surface area (Å²) in [6.45, 7) is 0. The van der Waals surface area contributed by atoms with Crippen LogP contribution in [0.4, 0.5) is 13.2 Å². The molecular weight excluding hydrogens is 460 g/mol. The summed E-state index contributed by atoms with van der Waals surface area (Å²) in [5.41, 5.74) is -2.79. The maximum Gasteiger partial charge on any atom is 0.534 e. The highest BCUT2D eigenvalue weighted by Gasteiger charge is 2.48. The number of hydrogen-bond acceptors (Lipinski definition) is 3. The molecule has 0 radical (unpaired) electrons. The fourth-order valence-corrected chi connectivity index (χ4v) is 3.62. The van der Waals surface area contributed by atoms with Gasteiger partial charge >= 0.3 is 15.6 Å². The molecule has 3 aromatic carbocycles. The van der Waals surface area contributed by atoms with Gasteiger partial charge in [-0.2, -0.15) is 21.6 Å². The molecule has 3 rings (SSSR count). The number of halogens is 5. The smallest absolute Gasteiger partial charge is 0.376 e. The van der Waals surface area contributed by atoms with E-state index in [0.717, 1.165) is 16.7 Å². The fraction of sp³-hybridized carbons (Fsp3) is 0.143. The molecule has 3 aromatic rings. The first-order valence-corrected chi connectivity index (χ1v) is 10.8. The Labute approximate surface area is 182 Å². The second-order valence-corrected chi connectivity index (χ2v) is 8.90. The highest BCUT2D eigenvalue weighted by molar-refractivity contribution is 7.88. The van der Waals surface area contributed by atoms with Crippen LogP contribution in [0.5, 0.6) is 5.75 Å². The van der Waals surface area contributed by atoms with Crippen LogP contribution in [0.1, 0.15) is 22.6 Å². The Morgan fingerprint density at radius 2 is 1.20 bits per heavy atom. The lowest BCUT2D eigenvalue weighted by Gasteiger charge is -2.19. The normalized spacial score (nSPS) is 13.1. The molecule has 0 amide bonds. The van der Waals surface area contributed by atoms with Crippen molar-refractivity contribution in [2.75, 3.05) is 0 Å². The largest absolute Gasteiger partial charge is 0.534 e. The van der Waals surface area contributed by atoms with Gasteiger partial charge in [0.1, 0.15) is 5.75 Å². The molecular formula is C21H15Cl2F3O3S. The van der Waals surface area contributed by atoms with Crippen molar-refractivity contribution in [3.05, 3.63) is 99.5 Å². The molecule has 0 N–H and O–H groups in total. The predicted octanol–water partition coefficient (Wildman–Crippen LogP) is 6.60. The van der Waals surface area contributed by atoms with Gasteiger partial charge in [-0.1, -0.05) is 59.6 Å². The van der Waals surface area contributed by atoms with E-state index >= 15 is 0 Å². The summed E-state index contributed by atoms with van der Waals surface area (Å²) < 4.78 is 64.1. The first-order valence-electron chi connectivity index (χ1n) is 8.66. The predicted molar refractivity (Wildman–Crippen MR) is 110 cm³/mol. The van der Waals surface area contributed by atoms with Crippen molar-refractivity contribution in [2.45, 2.75) is 17.8 Å². The van der Waals surface area contributed by atoms with Gasteiger partial charge in [0, 0.05) is 16.0 Å². The molecule has 0 aromatic heterocycles. The lowest BCUT2D eigenvalue weighted by atomic mass is 9.86. The monoisotopic (exact) mass is 474 g/mol.